The van der Waals surface area contributed by atoms with Gasteiger partial charge in [0.2, 0.25) is 5.91 Å². The Bertz CT molecular complexity index is 596. The molecule has 1 unspecified atom stereocenters. The molecule has 1 amide bonds. The molecule has 2 rings (SSSR count). The van der Waals surface area contributed by atoms with Crippen LogP contribution in [-0.2, 0) is 26.0 Å². The summed E-state index contributed by atoms with van der Waals surface area (Å²) in [6, 6.07) is 1.08. The first kappa shape index (κ1) is 14.5. The van der Waals surface area contributed by atoms with Crippen molar-refractivity contribution in [2.24, 2.45) is 0 Å². The van der Waals surface area contributed by atoms with Gasteiger partial charge >= 0.3 is 5.97 Å². The molecule has 1 aromatic rings. The van der Waals surface area contributed by atoms with Gasteiger partial charge < -0.3 is 10.0 Å². The summed E-state index contributed by atoms with van der Waals surface area (Å²) < 4.78 is 24.3. The molecule has 0 spiro atoms. The highest BCUT2D eigenvalue weighted by Crippen LogP contribution is 2.18. The number of sulfone groups is 1. The molecule has 20 heavy (non-hydrogen) atoms. The lowest BCUT2D eigenvalue weighted by Gasteiger charge is -2.26. The fourth-order valence-electron chi connectivity index (χ4n) is 2.21. The fourth-order valence-corrected chi connectivity index (χ4v) is 3.94. The largest absolute Gasteiger partial charge is 0.480 e. The number of carboxylic acid groups (broad SMARTS) is 1. The topological polar surface area (TPSA) is 110 Å². The second-order valence-electron chi connectivity index (χ2n) is 4.68. The van der Waals surface area contributed by atoms with Crippen molar-refractivity contribution in [3.8, 4) is 0 Å². The molecule has 1 aliphatic heterocycles. The van der Waals surface area contributed by atoms with Gasteiger partial charge in [0.15, 0.2) is 9.84 Å². The number of aliphatic carboxylic acids is 1. The Morgan fingerprint density at radius 3 is 2.70 bits per heavy atom. The van der Waals surface area contributed by atoms with E-state index in [4.69, 9.17) is 5.11 Å². The monoisotopic (exact) mass is 301 g/mol. The minimum absolute atomic E-state index is 0.0111. The van der Waals surface area contributed by atoms with E-state index in [0.717, 1.165) is 4.90 Å². The first-order chi connectivity index (χ1) is 9.37. The molecule has 0 aliphatic carbocycles. The minimum Gasteiger partial charge on any atom is -0.480 e. The van der Waals surface area contributed by atoms with E-state index in [1.54, 1.807) is 12.3 Å². The molecule has 0 aromatic carbocycles. The van der Waals surface area contributed by atoms with Gasteiger partial charge in [0, 0.05) is 18.4 Å². The van der Waals surface area contributed by atoms with Gasteiger partial charge in [0.05, 0.1) is 11.5 Å². The van der Waals surface area contributed by atoms with Crippen LogP contribution in [0.2, 0.25) is 0 Å². The third-order valence-electron chi connectivity index (χ3n) is 3.13. The molecular formula is C11H15N3O5S. The number of aromatic nitrogens is 2. The summed E-state index contributed by atoms with van der Waals surface area (Å²) in [4.78, 5) is 24.1. The van der Waals surface area contributed by atoms with E-state index < -0.39 is 34.3 Å². The normalized spacial score (nSPS) is 20.7. The van der Waals surface area contributed by atoms with Crippen LogP contribution in [0.15, 0.2) is 18.5 Å². The Kier molecular flexibility index (Phi) is 4.07. The first-order valence-corrected chi connectivity index (χ1v) is 7.88. The van der Waals surface area contributed by atoms with Crippen LogP contribution in [0.4, 0.5) is 0 Å². The van der Waals surface area contributed by atoms with Gasteiger partial charge in [-0.3, -0.25) is 14.3 Å². The van der Waals surface area contributed by atoms with Gasteiger partial charge in [-0.2, -0.15) is 5.10 Å². The fraction of sp³-hybridized carbons (Fsp3) is 0.545. The van der Waals surface area contributed by atoms with Gasteiger partial charge in [-0.25, -0.2) is 8.42 Å². The molecule has 9 heteroatoms. The van der Waals surface area contributed by atoms with E-state index in [-0.39, 0.29) is 24.5 Å². The summed E-state index contributed by atoms with van der Waals surface area (Å²) in [6.45, 7) is -0.600. The highest BCUT2D eigenvalue weighted by atomic mass is 32.2. The van der Waals surface area contributed by atoms with Crippen LogP contribution in [0.25, 0.3) is 0 Å². The van der Waals surface area contributed by atoms with Crippen molar-refractivity contribution in [1.29, 1.82) is 0 Å². The van der Waals surface area contributed by atoms with Gasteiger partial charge in [-0.15, -0.1) is 0 Å². The van der Waals surface area contributed by atoms with Gasteiger partial charge in [-0.05, 0) is 12.5 Å². The van der Waals surface area contributed by atoms with E-state index in [2.05, 4.69) is 5.10 Å². The number of carbonyl (C=O) groups excluding carboxylic acids is 1. The number of carboxylic acids is 1. The van der Waals surface area contributed by atoms with Crippen molar-refractivity contribution in [2.75, 3.05) is 18.1 Å². The average Bonchev–Trinajstić information content (AvgIpc) is 2.95. The Labute approximate surface area is 115 Å². The molecule has 2 heterocycles. The molecule has 0 bridgehead atoms. The Morgan fingerprint density at radius 2 is 2.20 bits per heavy atom. The molecule has 1 fully saturated rings. The zero-order chi connectivity index (χ0) is 14.8. The zero-order valence-electron chi connectivity index (χ0n) is 10.7. The van der Waals surface area contributed by atoms with E-state index in [1.165, 1.54) is 10.9 Å². The second kappa shape index (κ2) is 5.61. The maximum absolute atomic E-state index is 12.2. The summed E-state index contributed by atoms with van der Waals surface area (Å²) in [5.41, 5.74) is 0. The number of nitrogens with zero attached hydrogens (tertiary/aromatic N) is 3. The van der Waals surface area contributed by atoms with Crippen LogP contribution in [0, 0.1) is 0 Å². The molecule has 8 nitrogen and oxygen atoms in total. The van der Waals surface area contributed by atoms with Gasteiger partial charge in [-0.1, -0.05) is 0 Å². The molecular weight excluding hydrogens is 286 g/mol. The van der Waals surface area contributed by atoms with Crippen molar-refractivity contribution in [1.82, 2.24) is 14.7 Å². The number of amides is 1. The van der Waals surface area contributed by atoms with E-state index in [1.807, 2.05) is 0 Å². The number of hydrogen-bond donors (Lipinski definition) is 1. The molecule has 1 atom stereocenters. The van der Waals surface area contributed by atoms with Crippen molar-refractivity contribution in [3.63, 3.8) is 0 Å². The maximum atomic E-state index is 12.2. The Hall–Kier alpha value is -1.90. The highest BCUT2D eigenvalue weighted by Gasteiger charge is 2.35. The first-order valence-electron chi connectivity index (χ1n) is 6.06. The van der Waals surface area contributed by atoms with Crippen LogP contribution in [0.3, 0.4) is 0 Å². The van der Waals surface area contributed by atoms with E-state index in [0.29, 0.717) is 0 Å². The molecule has 1 aliphatic rings. The lowest BCUT2D eigenvalue weighted by Crippen LogP contribution is -2.45. The van der Waals surface area contributed by atoms with E-state index >= 15 is 0 Å². The Balaban J connectivity index is 2.11. The molecule has 1 N–H and O–H groups in total. The van der Waals surface area contributed by atoms with Crippen LogP contribution in [0.5, 0.6) is 0 Å². The summed E-state index contributed by atoms with van der Waals surface area (Å²) in [5.74, 6) is -1.80. The number of hydrogen-bond acceptors (Lipinski definition) is 5. The summed E-state index contributed by atoms with van der Waals surface area (Å²) in [7, 11) is -3.18. The number of rotatable bonds is 5. The molecule has 110 valence electrons. The van der Waals surface area contributed by atoms with Crippen LogP contribution < -0.4 is 0 Å². The minimum atomic E-state index is -3.18. The zero-order valence-corrected chi connectivity index (χ0v) is 11.5. The third-order valence-corrected chi connectivity index (χ3v) is 4.88. The summed E-state index contributed by atoms with van der Waals surface area (Å²) in [5, 5.41) is 12.8. The van der Waals surface area contributed by atoms with Gasteiger partial charge in [0.1, 0.15) is 13.1 Å². The predicted molar refractivity (Wildman–Crippen MR) is 68.6 cm³/mol. The molecule has 1 saturated heterocycles. The van der Waals surface area contributed by atoms with Crippen LogP contribution in [0.1, 0.15) is 6.42 Å². The SMILES string of the molecule is O=C(O)CN(C(=O)Cn1cccn1)C1CCS(=O)(=O)C1. The summed E-state index contributed by atoms with van der Waals surface area (Å²) in [6.07, 6.45) is 3.37. The van der Waals surface area contributed by atoms with Crippen LogP contribution >= 0.6 is 0 Å². The van der Waals surface area contributed by atoms with Crippen molar-refractivity contribution in [2.45, 2.75) is 19.0 Å². The quantitative estimate of drug-likeness (QED) is 0.745. The van der Waals surface area contributed by atoms with Crippen molar-refractivity contribution in [3.05, 3.63) is 18.5 Å². The smallest absolute Gasteiger partial charge is 0.323 e. The maximum Gasteiger partial charge on any atom is 0.323 e. The van der Waals surface area contributed by atoms with Crippen molar-refractivity contribution < 1.29 is 23.1 Å². The Morgan fingerprint density at radius 1 is 1.45 bits per heavy atom. The third kappa shape index (κ3) is 3.56. The van der Waals surface area contributed by atoms with Crippen LogP contribution in [-0.4, -0.2) is 64.2 Å². The lowest BCUT2D eigenvalue weighted by molar-refractivity contribution is -0.146. The second-order valence-corrected chi connectivity index (χ2v) is 6.90. The lowest BCUT2D eigenvalue weighted by atomic mass is 10.2. The van der Waals surface area contributed by atoms with Crippen molar-refractivity contribution >= 4 is 21.7 Å². The van der Waals surface area contributed by atoms with Gasteiger partial charge in [0.25, 0.3) is 0 Å². The predicted octanol–water partition coefficient (Wildman–Crippen LogP) is -1.02. The standard InChI is InChI=1S/C11H15N3O5S/c15-10(6-13-4-1-3-12-13)14(7-11(16)17)9-2-5-20(18,19)8-9/h1,3-4,9H,2,5-8H2,(H,16,17). The molecule has 0 saturated carbocycles. The average molecular weight is 301 g/mol. The van der Waals surface area contributed by atoms with E-state index in [9.17, 15) is 18.0 Å². The number of carbonyl (C=O) groups is 2. The molecule has 0 radical (unpaired) electrons. The highest BCUT2D eigenvalue weighted by molar-refractivity contribution is 7.91. The molecule has 1 aromatic heterocycles. The summed E-state index contributed by atoms with van der Waals surface area (Å²) >= 11 is 0.